The molecule has 0 saturated heterocycles. The summed E-state index contributed by atoms with van der Waals surface area (Å²) in [6.07, 6.45) is 3.69. The van der Waals surface area contributed by atoms with Crippen LogP contribution in [0.15, 0.2) is 36.4 Å². The Kier molecular flexibility index (Phi) is 3.09. The van der Waals surface area contributed by atoms with Crippen LogP contribution in [0.4, 0.5) is 0 Å². The quantitative estimate of drug-likeness (QED) is 0.839. The first-order valence-corrected chi connectivity index (χ1v) is 7.01. The third-order valence-corrected chi connectivity index (χ3v) is 4.44. The lowest BCUT2D eigenvalue weighted by atomic mass is 9.77. The van der Waals surface area contributed by atoms with Crippen LogP contribution in [-0.4, -0.2) is 13.1 Å². The molecule has 3 rings (SSSR count). The molecule has 18 heavy (non-hydrogen) atoms. The van der Waals surface area contributed by atoms with Gasteiger partial charge in [-0.05, 0) is 54.1 Å². The first-order valence-electron chi connectivity index (χ1n) is 7.01. The van der Waals surface area contributed by atoms with Gasteiger partial charge in [0, 0.05) is 6.04 Å². The van der Waals surface area contributed by atoms with Crippen molar-refractivity contribution in [2.75, 3.05) is 7.05 Å². The van der Waals surface area contributed by atoms with Gasteiger partial charge in [0.15, 0.2) is 0 Å². The summed E-state index contributed by atoms with van der Waals surface area (Å²) in [7, 11) is 2.09. The molecular formula is C17H21N. The Morgan fingerprint density at radius 3 is 2.78 bits per heavy atom. The van der Waals surface area contributed by atoms with Crippen molar-refractivity contribution in [2.24, 2.45) is 0 Å². The Labute approximate surface area is 109 Å². The maximum absolute atomic E-state index is 3.47. The molecule has 0 bridgehead atoms. The maximum Gasteiger partial charge on any atom is 0.0111 e. The third kappa shape index (κ3) is 1.83. The lowest BCUT2D eigenvalue weighted by molar-refractivity contribution is 0.431. The molecule has 2 aromatic carbocycles. The molecule has 0 fully saturated rings. The molecular weight excluding hydrogens is 218 g/mol. The van der Waals surface area contributed by atoms with Gasteiger partial charge in [-0.25, -0.2) is 0 Å². The average molecular weight is 239 g/mol. The van der Waals surface area contributed by atoms with Crippen LogP contribution in [0.25, 0.3) is 10.8 Å². The topological polar surface area (TPSA) is 12.0 Å². The van der Waals surface area contributed by atoms with E-state index in [-0.39, 0.29) is 0 Å². The number of rotatable bonds is 2. The van der Waals surface area contributed by atoms with E-state index in [0.29, 0.717) is 6.04 Å². The van der Waals surface area contributed by atoms with Crippen LogP contribution in [-0.2, 0) is 6.42 Å². The molecule has 0 amide bonds. The van der Waals surface area contributed by atoms with Crippen molar-refractivity contribution in [1.82, 2.24) is 5.32 Å². The number of hydrogen-bond acceptors (Lipinski definition) is 1. The zero-order valence-corrected chi connectivity index (χ0v) is 11.2. The maximum atomic E-state index is 3.47. The molecule has 0 heterocycles. The standard InChI is InChI=1S/C17H21N/c1-3-12-10-14(18-2)11-17-15-7-5-4-6-13(15)8-9-16(12)17/h4-9,12,14,18H,3,10-11H2,1-2H3. The van der Waals surface area contributed by atoms with Crippen molar-refractivity contribution in [2.45, 2.75) is 38.1 Å². The van der Waals surface area contributed by atoms with Crippen LogP contribution < -0.4 is 5.32 Å². The molecule has 1 aliphatic rings. The van der Waals surface area contributed by atoms with Gasteiger partial charge in [0.05, 0.1) is 0 Å². The predicted molar refractivity (Wildman–Crippen MR) is 78.1 cm³/mol. The highest BCUT2D eigenvalue weighted by Gasteiger charge is 2.25. The highest BCUT2D eigenvalue weighted by atomic mass is 14.9. The summed E-state index contributed by atoms with van der Waals surface area (Å²) in [4.78, 5) is 0. The van der Waals surface area contributed by atoms with Crippen molar-refractivity contribution in [3.63, 3.8) is 0 Å². The monoisotopic (exact) mass is 239 g/mol. The lowest BCUT2D eigenvalue weighted by Gasteiger charge is -2.32. The fourth-order valence-corrected chi connectivity index (χ4v) is 3.37. The number of likely N-dealkylation sites (N-methyl/N-ethyl adjacent to an activating group) is 1. The van der Waals surface area contributed by atoms with E-state index in [2.05, 4.69) is 55.7 Å². The summed E-state index contributed by atoms with van der Waals surface area (Å²) < 4.78 is 0. The van der Waals surface area contributed by atoms with Crippen LogP contribution in [0.2, 0.25) is 0 Å². The fourth-order valence-electron chi connectivity index (χ4n) is 3.37. The molecule has 2 unspecified atom stereocenters. The van der Waals surface area contributed by atoms with Gasteiger partial charge in [0.25, 0.3) is 0 Å². The normalized spacial score (nSPS) is 23.0. The number of fused-ring (bicyclic) bond motifs is 3. The minimum absolute atomic E-state index is 0.633. The Morgan fingerprint density at radius 1 is 1.17 bits per heavy atom. The Hall–Kier alpha value is -1.34. The second kappa shape index (κ2) is 4.74. The summed E-state index contributed by atoms with van der Waals surface area (Å²) in [5.74, 6) is 0.718. The van der Waals surface area contributed by atoms with Gasteiger partial charge in [-0.2, -0.15) is 0 Å². The highest BCUT2D eigenvalue weighted by molar-refractivity contribution is 5.87. The van der Waals surface area contributed by atoms with Crippen LogP contribution in [0.1, 0.15) is 36.8 Å². The molecule has 1 aliphatic carbocycles. The number of hydrogen-bond donors (Lipinski definition) is 1. The second-order valence-corrected chi connectivity index (χ2v) is 5.39. The van der Waals surface area contributed by atoms with Gasteiger partial charge >= 0.3 is 0 Å². The van der Waals surface area contributed by atoms with E-state index in [1.807, 2.05) is 0 Å². The predicted octanol–water partition coefficient (Wildman–Crippen LogP) is 3.87. The summed E-state index contributed by atoms with van der Waals surface area (Å²) in [5, 5.41) is 6.30. The first kappa shape index (κ1) is 11.7. The van der Waals surface area contributed by atoms with Crippen LogP contribution >= 0.6 is 0 Å². The molecule has 1 N–H and O–H groups in total. The molecule has 2 aromatic rings. The number of benzene rings is 2. The molecule has 2 atom stereocenters. The zero-order valence-electron chi connectivity index (χ0n) is 11.2. The summed E-state index contributed by atoms with van der Waals surface area (Å²) in [6.45, 7) is 2.31. The molecule has 0 radical (unpaired) electrons. The minimum atomic E-state index is 0.633. The summed E-state index contributed by atoms with van der Waals surface area (Å²) in [5.41, 5.74) is 3.16. The van der Waals surface area contributed by atoms with Gasteiger partial charge < -0.3 is 5.32 Å². The van der Waals surface area contributed by atoms with Crippen LogP contribution in [0.3, 0.4) is 0 Å². The second-order valence-electron chi connectivity index (χ2n) is 5.39. The lowest BCUT2D eigenvalue weighted by Crippen LogP contribution is -2.33. The van der Waals surface area contributed by atoms with Crippen molar-refractivity contribution < 1.29 is 0 Å². The van der Waals surface area contributed by atoms with Gasteiger partial charge in [0.1, 0.15) is 0 Å². The van der Waals surface area contributed by atoms with E-state index < -0.39 is 0 Å². The van der Waals surface area contributed by atoms with Crippen LogP contribution in [0.5, 0.6) is 0 Å². The Morgan fingerprint density at radius 2 is 2.00 bits per heavy atom. The van der Waals surface area contributed by atoms with E-state index >= 15 is 0 Å². The van der Waals surface area contributed by atoms with E-state index in [0.717, 1.165) is 5.92 Å². The SMILES string of the molecule is CCC1CC(NC)Cc2c1ccc1ccccc21. The minimum Gasteiger partial charge on any atom is -0.317 e. The van der Waals surface area contributed by atoms with Gasteiger partial charge in [-0.3, -0.25) is 0 Å². The van der Waals surface area contributed by atoms with E-state index in [1.54, 1.807) is 11.1 Å². The largest absolute Gasteiger partial charge is 0.317 e. The molecule has 0 aromatic heterocycles. The van der Waals surface area contributed by atoms with Crippen molar-refractivity contribution in [3.05, 3.63) is 47.5 Å². The van der Waals surface area contributed by atoms with Crippen molar-refractivity contribution in [3.8, 4) is 0 Å². The van der Waals surface area contributed by atoms with Crippen molar-refractivity contribution in [1.29, 1.82) is 0 Å². The smallest absolute Gasteiger partial charge is 0.0111 e. The van der Waals surface area contributed by atoms with Crippen molar-refractivity contribution >= 4 is 10.8 Å². The summed E-state index contributed by atoms with van der Waals surface area (Å²) >= 11 is 0. The van der Waals surface area contributed by atoms with Gasteiger partial charge in [0.2, 0.25) is 0 Å². The fraction of sp³-hybridized carbons (Fsp3) is 0.412. The third-order valence-electron chi connectivity index (χ3n) is 4.44. The molecule has 1 nitrogen and oxygen atoms in total. The van der Waals surface area contributed by atoms with E-state index in [1.165, 1.54) is 30.0 Å². The van der Waals surface area contributed by atoms with Gasteiger partial charge in [-0.1, -0.05) is 43.3 Å². The Balaban J connectivity index is 2.19. The zero-order chi connectivity index (χ0) is 12.5. The molecule has 94 valence electrons. The Bertz CT molecular complexity index is 559. The van der Waals surface area contributed by atoms with Crippen LogP contribution in [0, 0.1) is 0 Å². The highest BCUT2D eigenvalue weighted by Crippen LogP contribution is 2.37. The molecule has 0 saturated carbocycles. The number of nitrogens with one attached hydrogen (secondary N) is 1. The molecule has 1 heteroatoms. The van der Waals surface area contributed by atoms with E-state index in [9.17, 15) is 0 Å². The molecule has 0 spiro atoms. The van der Waals surface area contributed by atoms with E-state index in [4.69, 9.17) is 0 Å². The molecule has 0 aliphatic heterocycles. The summed E-state index contributed by atoms with van der Waals surface area (Å²) in [6, 6.07) is 14.1. The average Bonchev–Trinajstić information content (AvgIpc) is 2.45. The van der Waals surface area contributed by atoms with Gasteiger partial charge in [-0.15, -0.1) is 0 Å². The first-order chi connectivity index (χ1) is 8.83.